The quantitative estimate of drug-likeness (QED) is 0.568. The van der Waals surface area contributed by atoms with E-state index in [1.165, 1.54) is 0 Å². The molecule has 0 saturated carbocycles. The van der Waals surface area contributed by atoms with Crippen LogP contribution >= 0.6 is 11.8 Å². The molecule has 0 saturated heterocycles. The van der Waals surface area contributed by atoms with Crippen LogP contribution in [-0.2, 0) is 4.79 Å². The first-order valence-electron chi connectivity index (χ1n) is 9.08. The number of benzene rings is 2. The molecule has 0 spiro atoms. The Morgan fingerprint density at radius 2 is 1.86 bits per heavy atom. The van der Waals surface area contributed by atoms with Gasteiger partial charge in [-0.2, -0.15) is 0 Å². The lowest BCUT2D eigenvalue weighted by atomic mass is 10.1. The average molecular weight is 418 g/mol. The van der Waals surface area contributed by atoms with E-state index >= 15 is 0 Å². The third kappa shape index (κ3) is 4.92. The number of hydrogen-bond donors (Lipinski definition) is 2. The van der Waals surface area contributed by atoms with Gasteiger partial charge in [0.2, 0.25) is 5.91 Å². The van der Waals surface area contributed by atoms with Gasteiger partial charge in [-0.15, -0.1) is 0 Å². The van der Waals surface area contributed by atoms with Crippen molar-refractivity contribution in [1.29, 1.82) is 0 Å². The zero-order valence-electron chi connectivity index (χ0n) is 16.0. The Bertz CT molecular complexity index is 1010. The van der Waals surface area contributed by atoms with E-state index in [9.17, 15) is 18.4 Å². The van der Waals surface area contributed by atoms with Crippen molar-refractivity contribution in [3.8, 4) is 0 Å². The summed E-state index contributed by atoms with van der Waals surface area (Å²) in [6, 6.07) is 8.79. The summed E-state index contributed by atoms with van der Waals surface area (Å²) in [6.07, 6.45) is 0. The molecule has 0 atom stereocenters. The fraction of sp³-hybridized carbons (Fsp3) is 0.250. The molecular formula is C20H20F2N4O2S. The Labute approximate surface area is 170 Å². The van der Waals surface area contributed by atoms with E-state index < -0.39 is 11.6 Å². The van der Waals surface area contributed by atoms with Gasteiger partial charge in [-0.05, 0) is 32.0 Å². The standard InChI is InChI=1S/C20H20F2N4O2S/c1-3-26(4-2)19(28)12-6-5-7-13(8-12)23-18(27)11-29-20-24-16-9-14(21)15(22)10-17(16)25-20/h5-10H,3-4,11H2,1-2H3,(H,23,27)(H,24,25). The fourth-order valence-electron chi connectivity index (χ4n) is 2.80. The molecule has 0 bridgehead atoms. The lowest BCUT2D eigenvalue weighted by Gasteiger charge is -2.19. The minimum Gasteiger partial charge on any atom is -0.339 e. The predicted octanol–water partition coefficient (Wildman–Crippen LogP) is 4.05. The van der Waals surface area contributed by atoms with Crippen molar-refractivity contribution in [1.82, 2.24) is 14.9 Å². The minimum atomic E-state index is -0.975. The van der Waals surface area contributed by atoms with Gasteiger partial charge in [0.1, 0.15) is 0 Å². The maximum atomic E-state index is 13.3. The van der Waals surface area contributed by atoms with Crippen LogP contribution in [0.25, 0.3) is 11.0 Å². The zero-order valence-corrected chi connectivity index (χ0v) is 16.8. The molecule has 1 heterocycles. The molecule has 0 unspecified atom stereocenters. The van der Waals surface area contributed by atoms with Crippen LogP contribution in [0.2, 0.25) is 0 Å². The molecule has 29 heavy (non-hydrogen) atoms. The molecule has 0 fully saturated rings. The highest BCUT2D eigenvalue weighted by atomic mass is 32.2. The van der Waals surface area contributed by atoms with Crippen molar-refractivity contribution in [2.24, 2.45) is 0 Å². The summed E-state index contributed by atoms with van der Waals surface area (Å²) >= 11 is 1.11. The lowest BCUT2D eigenvalue weighted by molar-refractivity contribution is -0.113. The minimum absolute atomic E-state index is 0.0407. The van der Waals surface area contributed by atoms with E-state index in [2.05, 4.69) is 15.3 Å². The van der Waals surface area contributed by atoms with Gasteiger partial charge in [0.15, 0.2) is 16.8 Å². The number of fused-ring (bicyclic) bond motifs is 1. The van der Waals surface area contributed by atoms with Crippen LogP contribution in [0.3, 0.4) is 0 Å². The number of thioether (sulfide) groups is 1. The van der Waals surface area contributed by atoms with Gasteiger partial charge in [0.05, 0.1) is 16.8 Å². The van der Waals surface area contributed by atoms with Crippen molar-refractivity contribution in [2.45, 2.75) is 19.0 Å². The number of H-pyrrole nitrogens is 1. The first kappa shape index (κ1) is 20.8. The van der Waals surface area contributed by atoms with Crippen LogP contribution in [0.15, 0.2) is 41.6 Å². The molecule has 0 aliphatic carbocycles. The molecule has 6 nitrogen and oxygen atoms in total. The van der Waals surface area contributed by atoms with Crippen LogP contribution < -0.4 is 5.32 Å². The third-order valence-electron chi connectivity index (χ3n) is 4.29. The summed E-state index contributed by atoms with van der Waals surface area (Å²) in [7, 11) is 0. The molecular weight excluding hydrogens is 398 g/mol. The van der Waals surface area contributed by atoms with Gasteiger partial charge < -0.3 is 15.2 Å². The summed E-state index contributed by atoms with van der Waals surface area (Å²) in [5.41, 5.74) is 1.66. The van der Waals surface area contributed by atoms with Gasteiger partial charge in [0, 0.05) is 36.5 Å². The largest absolute Gasteiger partial charge is 0.339 e. The summed E-state index contributed by atoms with van der Waals surface area (Å²) in [6.45, 7) is 5.03. The first-order valence-corrected chi connectivity index (χ1v) is 10.1. The second kappa shape index (κ2) is 9.04. The number of rotatable bonds is 7. The molecule has 2 N–H and O–H groups in total. The van der Waals surface area contributed by atoms with Crippen molar-refractivity contribution in [3.63, 3.8) is 0 Å². The number of carbonyl (C=O) groups is 2. The first-order chi connectivity index (χ1) is 13.9. The summed E-state index contributed by atoms with van der Waals surface area (Å²) in [5, 5.41) is 3.12. The molecule has 0 radical (unpaired) electrons. The summed E-state index contributed by atoms with van der Waals surface area (Å²) in [5.74, 6) is -2.28. The van der Waals surface area contributed by atoms with Crippen LogP contribution in [0, 0.1) is 11.6 Å². The van der Waals surface area contributed by atoms with E-state index in [0.29, 0.717) is 35.0 Å². The fourth-order valence-corrected chi connectivity index (χ4v) is 3.49. The Morgan fingerprint density at radius 1 is 1.14 bits per heavy atom. The molecule has 0 aliphatic heterocycles. The van der Waals surface area contributed by atoms with Crippen molar-refractivity contribution in [2.75, 3.05) is 24.2 Å². The van der Waals surface area contributed by atoms with Crippen LogP contribution in [0.5, 0.6) is 0 Å². The molecule has 3 rings (SSSR count). The van der Waals surface area contributed by atoms with Crippen LogP contribution in [0.4, 0.5) is 14.5 Å². The molecule has 0 aliphatic rings. The average Bonchev–Trinajstić information content (AvgIpc) is 3.09. The van der Waals surface area contributed by atoms with E-state index in [-0.39, 0.29) is 23.1 Å². The van der Waals surface area contributed by atoms with E-state index in [1.807, 2.05) is 13.8 Å². The topological polar surface area (TPSA) is 78.1 Å². The summed E-state index contributed by atoms with van der Waals surface area (Å²) in [4.78, 5) is 33.4. The van der Waals surface area contributed by atoms with E-state index in [4.69, 9.17) is 0 Å². The Kier molecular flexibility index (Phi) is 6.48. The van der Waals surface area contributed by atoms with Gasteiger partial charge >= 0.3 is 0 Å². The molecule has 3 aromatic rings. The monoisotopic (exact) mass is 418 g/mol. The molecule has 1 aromatic heterocycles. The number of nitrogens with zero attached hydrogens (tertiary/aromatic N) is 2. The van der Waals surface area contributed by atoms with Gasteiger partial charge in [-0.1, -0.05) is 17.8 Å². The maximum Gasteiger partial charge on any atom is 0.253 e. The van der Waals surface area contributed by atoms with Crippen molar-refractivity contribution in [3.05, 3.63) is 53.6 Å². The molecule has 2 amide bonds. The number of nitrogens with one attached hydrogen (secondary N) is 2. The molecule has 152 valence electrons. The number of carbonyl (C=O) groups excluding carboxylic acids is 2. The Hall–Kier alpha value is -2.94. The molecule has 2 aromatic carbocycles. The Morgan fingerprint density at radius 3 is 2.59 bits per heavy atom. The van der Waals surface area contributed by atoms with Crippen molar-refractivity contribution >= 4 is 40.3 Å². The van der Waals surface area contributed by atoms with Crippen LogP contribution in [-0.4, -0.2) is 45.5 Å². The highest BCUT2D eigenvalue weighted by Crippen LogP contribution is 2.22. The number of imidazole rings is 1. The van der Waals surface area contributed by atoms with Gasteiger partial charge in [0.25, 0.3) is 5.91 Å². The summed E-state index contributed by atoms with van der Waals surface area (Å²) < 4.78 is 26.6. The van der Waals surface area contributed by atoms with E-state index in [1.54, 1.807) is 29.2 Å². The highest BCUT2D eigenvalue weighted by Gasteiger charge is 2.14. The second-order valence-electron chi connectivity index (χ2n) is 6.22. The lowest BCUT2D eigenvalue weighted by Crippen LogP contribution is -2.30. The van der Waals surface area contributed by atoms with Gasteiger partial charge in [-0.25, -0.2) is 13.8 Å². The number of anilines is 1. The van der Waals surface area contributed by atoms with Crippen molar-refractivity contribution < 1.29 is 18.4 Å². The maximum absolute atomic E-state index is 13.3. The number of halogens is 2. The number of aromatic nitrogens is 2. The number of amides is 2. The molecule has 9 heteroatoms. The second-order valence-corrected chi connectivity index (χ2v) is 7.18. The zero-order chi connectivity index (χ0) is 21.0. The number of aromatic amines is 1. The SMILES string of the molecule is CCN(CC)C(=O)c1cccc(NC(=O)CSc2nc3cc(F)c(F)cc3[nH]2)c1. The normalized spacial score (nSPS) is 10.9. The van der Waals surface area contributed by atoms with Gasteiger partial charge in [-0.3, -0.25) is 9.59 Å². The van der Waals surface area contributed by atoms with Crippen LogP contribution in [0.1, 0.15) is 24.2 Å². The number of hydrogen-bond acceptors (Lipinski definition) is 4. The van der Waals surface area contributed by atoms with E-state index in [0.717, 1.165) is 23.9 Å². The Balaban J connectivity index is 1.62. The third-order valence-corrected chi connectivity index (χ3v) is 5.16. The highest BCUT2D eigenvalue weighted by molar-refractivity contribution is 7.99. The smallest absolute Gasteiger partial charge is 0.253 e. The predicted molar refractivity (Wildman–Crippen MR) is 109 cm³/mol.